The van der Waals surface area contributed by atoms with E-state index < -0.39 is 0 Å². The summed E-state index contributed by atoms with van der Waals surface area (Å²) < 4.78 is 0. The number of nitrogens with one attached hydrogen (secondary N) is 1. The minimum atomic E-state index is -0.254. The van der Waals surface area contributed by atoms with Crippen LogP contribution in [-0.4, -0.2) is 39.4 Å². The molecule has 0 saturated carbocycles. The Morgan fingerprint density at radius 3 is 3.22 bits per heavy atom. The molecule has 4 heteroatoms. The molecule has 0 amide bonds. The molecule has 1 aliphatic rings. The maximum absolute atomic E-state index is 10.0. The van der Waals surface area contributed by atoms with Crippen molar-refractivity contribution in [1.82, 2.24) is 15.1 Å². The number of rotatable bonds is 6. The van der Waals surface area contributed by atoms with E-state index >= 15 is 0 Å². The smallest absolute Gasteiger partial charge is 0.0670 e. The zero-order chi connectivity index (χ0) is 12.8. The molecule has 1 aromatic heterocycles. The number of nitrogens with zero attached hydrogens (tertiary/aromatic N) is 2. The highest BCUT2D eigenvalue weighted by molar-refractivity contribution is 5.10. The summed E-state index contributed by atoms with van der Waals surface area (Å²) in [7, 11) is 0. The minimum Gasteiger partial charge on any atom is -0.392 e. The molecule has 0 radical (unpaired) electrons. The number of aliphatic hydroxyl groups is 1. The lowest BCUT2D eigenvalue weighted by atomic mass is 9.97. The number of aromatic amines is 1. The van der Waals surface area contributed by atoms with Gasteiger partial charge in [-0.2, -0.15) is 5.10 Å². The molecule has 0 bridgehead atoms. The van der Waals surface area contributed by atoms with Crippen molar-refractivity contribution in [2.45, 2.75) is 44.2 Å². The van der Waals surface area contributed by atoms with Crippen molar-refractivity contribution in [3.8, 4) is 0 Å². The van der Waals surface area contributed by atoms with Crippen molar-refractivity contribution >= 4 is 0 Å². The Bertz CT molecular complexity index is 350. The lowest BCUT2D eigenvalue weighted by Crippen LogP contribution is -2.38. The lowest BCUT2D eigenvalue weighted by molar-refractivity contribution is 0.0631. The van der Waals surface area contributed by atoms with E-state index in [9.17, 15) is 5.11 Å². The minimum absolute atomic E-state index is 0.254. The predicted molar refractivity (Wildman–Crippen MR) is 72.2 cm³/mol. The first kappa shape index (κ1) is 13.3. The van der Waals surface area contributed by atoms with Crippen LogP contribution in [0.3, 0.4) is 0 Å². The zero-order valence-corrected chi connectivity index (χ0v) is 10.9. The largest absolute Gasteiger partial charge is 0.392 e. The number of aromatic nitrogens is 2. The Kier molecular flexibility index (Phi) is 4.96. The van der Waals surface area contributed by atoms with E-state index in [4.69, 9.17) is 0 Å². The Labute approximate surface area is 109 Å². The standard InChI is InChI=1S/C14H23N3O/c1-2-3-6-13(18)11-17-8-5-4-7-14(17)12-9-15-16-10-12/h2,9-10,13-14,18H,1,3-8,11H2,(H,15,16). The molecular weight excluding hydrogens is 226 g/mol. The Balaban J connectivity index is 1.93. The molecular formula is C14H23N3O. The van der Waals surface area contributed by atoms with Gasteiger partial charge in [-0.3, -0.25) is 10.00 Å². The van der Waals surface area contributed by atoms with E-state index in [0.29, 0.717) is 6.04 Å². The molecule has 2 atom stereocenters. The summed E-state index contributed by atoms with van der Waals surface area (Å²) in [6, 6.07) is 0.413. The summed E-state index contributed by atoms with van der Waals surface area (Å²) in [4.78, 5) is 2.39. The number of likely N-dealkylation sites (tertiary alicyclic amines) is 1. The summed E-state index contributed by atoms with van der Waals surface area (Å²) >= 11 is 0. The third-order valence-electron chi connectivity index (χ3n) is 3.67. The number of allylic oxidation sites excluding steroid dienone is 1. The Morgan fingerprint density at radius 2 is 2.50 bits per heavy atom. The van der Waals surface area contributed by atoms with E-state index in [1.807, 2.05) is 18.5 Å². The van der Waals surface area contributed by atoms with Crippen LogP contribution in [0.2, 0.25) is 0 Å². The van der Waals surface area contributed by atoms with E-state index in [1.54, 1.807) is 0 Å². The fourth-order valence-electron chi connectivity index (χ4n) is 2.70. The van der Waals surface area contributed by atoms with Gasteiger partial charge in [0.2, 0.25) is 0 Å². The molecule has 0 aliphatic carbocycles. The maximum Gasteiger partial charge on any atom is 0.0670 e. The topological polar surface area (TPSA) is 52.1 Å². The first-order valence-electron chi connectivity index (χ1n) is 6.83. The SMILES string of the molecule is C=CCCC(O)CN1CCCCC1c1cn[nH]c1. The van der Waals surface area contributed by atoms with Crippen LogP contribution in [0.1, 0.15) is 43.7 Å². The van der Waals surface area contributed by atoms with Gasteiger partial charge in [0, 0.05) is 24.3 Å². The van der Waals surface area contributed by atoms with Crippen molar-refractivity contribution in [1.29, 1.82) is 0 Å². The van der Waals surface area contributed by atoms with Crippen LogP contribution in [0.5, 0.6) is 0 Å². The van der Waals surface area contributed by atoms with E-state index in [-0.39, 0.29) is 6.10 Å². The molecule has 2 N–H and O–H groups in total. The predicted octanol–water partition coefficient (Wildman–Crippen LogP) is 2.26. The molecule has 2 heterocycles. The second-order valence-electron chi connectivity index (χ2n) is 5.06. The van der Waals surface area contributed by atoms with Gasteiger partial charge in [0.05, 0.1) is 12.3 Å². The Hall–Kier alpha value is -1.13. The zero-order valence-electron chi connectivity index (χ0n) is 10.9. The van der Waals surface area contributed by atoms with Gasteiger partial charge in [-0.25, -0.2) is 0 Å². The third kappa shape index (κ3) is 3.43. The summed E-state index contributed by atoms with van der Waals surface area (Å²) in [5, 5.41) is 17.0. The monoisotopic (exact) mass is 249 g/mol. The van der Waals surface area contributed by atoms with E-state index in [2.05, 4.69) is 21.7 Å². The highest BCUT2D eigenvalue weighted by Gasteiger charge is 2.25. The van der Waals surface area contributed by atoms with Crippen LogP contribution >= 0.6 is 0 Å². The van der Waals surface area contributed by atoms with Crippen LogP contribution in [0.15, 0.2) is 25.0 Å². The molecule has 0 aromatic carbocycles. The molecule has 100 valence electrons. The molecule has 2 unspecified atom stereocenters. The quantitative estimate of drug-likeness (QED) is 0.760. The van der Waals surface area contributed by atoms with Gasteiger partial charge in [-0.05, 0) is 32.2 Å². The van der Waals surface area contributed by atoms with Gasteiger partial charge in [-0.15, -0.1) is 6.58 Å². The molecule has 4 nitrogen and oxygen atoms in total. The fourth-order valence-corrected chi connectivity index (χ4v) is 2.70. The molecule has 2 rings (SSSR count). The first-order valence-corrected chi connectivity index (χ1v) is 6.83. The van der Waals surface area contributed by atoms with E-state index in [1.165, 1.54) is 18.4 Å². The van der Waals surface area contributed by atoms with Gasteiger partial charge in [0.25, 0.3) is 0 Å². The summed E-state index contributed by atoms with van der Waals surface area (Å²) in [5.74, 6) is 0. The average molecular weight is 249 g/mol. The molecule has 1 fully saturated rings. The number of H-pyrrole nitrogens is 1. The van der Waals surface area contributed by atoms with E-state index in [0.717, 1.165) is 32.4 Å². The van der Waals surface area contributed by atoms with Crippen LogP contribution < -0.4 is 0 Å². The van der Waals surface area contributed by atoms with Crippen molar-refractivity contribution in [3.63, 3.8) is 0 Å². The molecule has 1 saturated heterocycles. The molecule has 18 heavy (non-hydrogen) atoms. The Morgan fingerprint density at radius 1 is 1.61 bits per heavy atom. The number of aliphatic hydroxyl groups excluding tert-OH is 1. The summed E-state index contributed by atoms with van der Waals surface area (Å²) in [6.07, 6.45) is 10.8. The summed E-state index contributed by atoms with van der Waals surface area (Å²) in [6.45, 7) is 5.52. The highest BCUT2D eigenvalue weighted by Crippen LogP contribution is 2.30. The first-order chi connectivity index (χ1) is 8.81. The van der Waals surface area contributed by atoms with Gasteiger partial charge in [0.1, 0.15) is 0 Å². The van der Waals surface area contributed by atoms with Gasteiger partial charge < -0.3 is 5.11 Å². The molecule has 1 aromatic rings. The van der Waals surface area contributed by atoms with Crippen molar-refractivity contribution < 1.29 is 5.11 Å². The van der Waals surface area contributed by atoms with Gasteiger partial charge in [0.15, 0.2) is 0 Å². The van der Waals surface area contributed by atoms with Crippen LogP contribution in [0, 0.1) is 0 Å². The van der Waals surface area contributed by atoms with Gasteiger partial charge >= 0.3 is 0 Å². The highest BCUT2D eigenvalue weighted by atomic mass is 16.3. The summed E-state index contributed by atoms with van der Waals surface area (Å²) in [5.41, 5.74) is 1.24. The second-order valence-corrected chi connectivity index (χ2v) is 5.06. The average Bonchev–Trinajstić information content (AvgIpc) is 2.91. The maximum atomic E-state index is 10.0. The number of piperidine rings is 1. The van der Waals surface area contributed by atoms with Crippen molar-refractivity contribution in [3.05, 3.63) is 30.6 Å². The second kappa shape index (κ2) is 6.71. The fraction of sp³-hybridized carbons (Fsp3) is 0.643. The van der Waals surface area contributed by atoms with Crippen LogP contribution in [-0.2, 0) is 0 Å². The number of hydrogen-bond acceptors (Lipinski definition) is 3. The van der Waals surface area contributed by atoms with Crippen molar-refractivity contribution in [2.24, 2.45) is 0 Å². The molecule has 1 aliphatic heterocycles. The van der Waals surface area contributed by atoms with Crippen LogP contribution in [0.4, 0.5) is 0 Å². The third-order valence-corrected chi connectivity index (χ3v) is 3.67. The molecule has 0 spiro atoms. The van der Waals surface area contributed by atoms with Crippen LogP contribution in [0.25, 0.3) is 0 Å². The van der Waals surface area contributed by atoms with Crippen molar-refractivity contribution in [2.75, 3.05) is 13.1 Å². The number of hydrogen-bond donors (Lipinski definition) is 2. The number of β-amino-alcohol motifs (C(OH)–C–C–N with tert-alkyl or cyclic N) is 1. The lowest BCUT2D eigenvalue weighted by Gasteiger charge is -2.36. The van der Waals surface area contributed by atoms with Gasteiger partial charge in [-0.1, -0.05) is 12.5 Å². The normalized spacial score (nSPS) is 22.8.